The van der Waals surface area contributed by atoms with E-state index >= 15 is 0 Å². The Kier molecular flexibility index (Phi) is 7.59. The van der Waals surface area contributed by atoms with Crippen molar-refractivity contribution in [1.29, 1.82) is 0 Å². The van der Waals surface area contributed by atoms with Crippen molar-refractivity contribution in [3.63, 3.8) is 0 Å². The first-order chi connectivity index (χ1) is 15.3. The Morgan fingerprint density at radius 1 is 0.812 bits per heavy atom. The molecule has 1 amide bonds. The average Bonchev–Trinajstić information content (AvgIpc) is 2.79. The second-order valence-electron chi connectivity index (χ2n) is 8.30. The minimum atomic E-state index is -0.303. The summed E-state index contributed by atoms with van der Waals surface area (Å²) in [6.07, 6.45) is 2.00. The van der Waals surface area contributed by atoms with Crippen LogP contribution in [-0.4, -0.2) is 66.4 Å². The molecule has 0 radical (unpaired) electrons. The molecule has 0 aromatic heterocycles. The number of carbonyl (C=O) groups excluding carboxylic acids is 3. The molecular formula is C26H31N3O3. The Bertz CT molecular complexity index is 1030. The molecule has 3 rings (SSSR count). The maximum atomic E-state index is 13.3. The van der Waals surface area contributed by atoms with Gasteiger partial charge >= 0.3 is 0 Å². The van der Waals surface area contributed by atoms with Crippen molar-refractivity contribution in [1.82, 2.24) is 14.7 Å². The van der Waals surface area contributed by atoms with Crippen molar-refractivity contribution in [3.05, 3.63) is 82.7 Å². The third-order valence-electron chi connectivity index (χ3n) is 5.66. The molecule has 0 unspecified atom stereocenters. The van der Waals surface area contributed by atoms with E-state index in [1.807, 2.05) is 30.3 Å². The predicted molar refractivity (Wildman–Crippen MR) is 125 cm³/mol. The summed E-state index contributed by atoms with van der Waals surface area (Å²) in [6.45, 7) is 3.71. The van der Waals surface area contributed by atoms with Crippen LogP contribution in [-0.2, 0) is 11.3 Å². The van der Waals surface area contributed by atoms with Crippen molar-refractivity contribution in [2.45, 2.75) is 26.3 Å². The van der Waals surface area contributed by atoms with Gasteiger partial charge in [-0.2, -0.15) is 0 Å². The summed E-state index contributed by atoms with van der Waals surface area (Å²) < 4.78 is 0. The van der Waals surface area contributed by atoms with E-state index in [1.165, 1.54) is 4.90 Å². The van der Waals surface area contributed by atoms with E-state index in [4.69, 9.17) is 0 Å². The van der Waals surface area contributed by atoms with Crippen molar-refractivity contribution in [2.24, 2.45) is 0 Å². The molecule has 1 aliphatic rings. The number of allylic oxidation sites excluding steroid dienone is 2. The smallest absolute Gasteiger partial charge is 0.241 e. The van der Waals surface area contributed by atoms with Gasteiger partial charge < -0.3 is 9.80 Å². The van der Waals surface area contributed by atoms with Gasteiger partial charge in [0.05, 0.1) is 6.54 Å². The molecular weight excluding hydrogens is 402 g/mol. The Balaban J connectivity index is 1.88. The van der Waals surface area contributed by atoms with Crippen LogP contribution in [0.1, 0.15) is 46.0 Å². The van der Waals surface area contributed by atoms with Gasteiger partial charge in [0.1, 0.15) is 11.4 Å². The highest BCUT2D eigenvalue weighted by molar-refractivity contribution is 6.27. The van der Waals surface area contributed by atoms with Crippen LogP contribution in [0.25, 0.3) is 0 Å². The lowest BCUT2D eigenvalue weighted by atomic mass is 9.89. The lowest BCUT2D eigenvalue weighted by Crippen LogP contribution is -2.43. The van der Waals surface area contributed by atoms with Crippen LogP contribution in [0.4, 0.5) is 0 Å². The number of nitrogens with zero attached hydrogens (tertiary/aromatic N) is 3. The second kappa shape index (κ2) is 10.4. The molecule has 32 heavy (non-hydrogen) atoms. The molecule has 0 atom stereocenters. The lowest BCUT2D eigenvalue weighted by molar-refractivity contribution is -0.129. The van der Waals surface area contributed by atoms with Crippen molar-refractivity contribution in [3.8, 4) is 0 Å². The number of likely N-dealkylation sites (N-methyl/N-ethyl adjacent to an activating group) is 2. The Morgan fingerprint density at radius 2 is 1.38 bits per heavy atom. The van der Waals surface area contributed by atoms with Gasteiger partial charge in [0.25, 0.3) is 0 Å². The van der Waals surface area contributed by atoms with Crippen LogP contribution in [0.3, 0.4) is 0 Å². The van der Waals surface area contributed by atoms with Crippen molar-refractivity contribution in [2.75, 3.05) is 34.2 Å². The number of ketones is 2. The molecule has 1 aliphatic carbocycles. The van der Waals surface area contributed by atoms with Gasteiger partial charge in [-0.3, -0.25) is 19.3 Å². The van der Waals surface area contributed by atoms with Gasteiger partial charge in [0.15, 0.2) is 0 Å². The van der Waals surface area contributed by atoms with E-state index in [-0.39, 0.29) is 35.4 Å². The SMILES string of the molecule is CCCCN(CC(=O)N(C)C1=C(N(C)C)C(=O)c2ccccc2C1=O)Cc1ccccc1. The van der Waals surface area contributed by atoms with Crippen LogP contribution in [0.2, 0.25) is 0 Å². The Morgan fingerprint density at radius 3 is 1.94 bits per heavy atom. The third-order valence-corrected chi connectivity index (χ3v) is 5.66. The first-order valence-electron chi connectivity index (χ1n) is 11.0. The summed E-state index contributed by atoms with van der Waals surface area (Å²) in [5.41, 5.74) is 2.22. The molecule has 0 heterocycles. The summed E-state index contributed by atoms with van der Waals surface area (Å²) in [6, 6.07) is 16.8. The van der Waals surface area contributed by atoms with Gasteiger partial charge in [-0.1, -0.05) is 67.9 Å². The number of benzene rings is 2. The number of fused-ring (bicyclic) bond motifs is 1. The van der Waals surface area contributed by atoms with E-state index in [0.717, 1.165) is 24.9 Å². The van der Waals surface area contributed by atoms with Crippen molar-refractivity contribution < 1.29 is 14.4 Å². The van der Waals surface area contributed by atoms with E-state index in [0.29, 0.717) is 17.7 Å². The van der Waals surface area contributed by atoms with Crippen molar-refractivity contribution >= 4 is 17.5 Å². The molecule has 168 valence electrons. The normalized spacial score (nSPS) is 13.4. The third kappa shape index (κ3) is 4.97. The summed E-state index contributed by atoms with van der Waals surface area (Å²) in [5.74, 6) is -0.762. The zero-order valence-electron chi connectivity index (χ0n) is 19.3. The number of unbranched alkanes of at least 4 members (excludes halogenated alkanes) is 1. The van der Waals surface area contributed by atoms with E-state index in [1.54, 1.807) is 50.3 Å². The molecule has 6 heteroatoms. The molecule has 0 saturated heterocycles. The zero-order valence-corrected chi connectivity index (χ0v) is 19.3. The molecule has 0 spiro atoms. The van der Waals surface area contributed by atoms with Gasteiger partial charge in [-0.25, -0.2) is 0 Å². The molecule has 0 fully saturated rings. The molecule has 6 nitrogen and oxygen atoms in total. The number of amides is 1. The monoisotopic (exact) mass is 433 g/mol. The fourth-order valence-corrected chi connectivity index (χ4v) is 3.93. The highest BCUT2D eigenvalue weighted by atomic mass is 16.2. The largest absolute Gasteiger partial charge is 0.373 e. The number of rotatable bonds is 9. The standard InChI is InChI=1S/C26H31N3O3/c1-5-6-16-29(17-19-12-8-7-9-13-19)18-22(30)28(4)24-23(27(2)3)25(31)20-14-10-11-15-21(20)26(24)32/h7-15H,5-6,16-18H2,1-4H3. The van der Waals surface area contributed by atoms with E-state index in [9.17, 15) is 14.4 Å². The first-order valence-corrected chi connectivity index (χ1v) is 11.0. The van der Waals surface area contributed by atoms with E-state index < -0.39 is 0 Å². The number of hydrogen-bond acceptors (Lipinski definition) is 5. The summed E-state index contributed by atoms with van der Waals surface area (Å²) >= 11 is 0. The van der Waals surface area contributed by atoms with Crippen LogP contribution in [0.5, 0.6) is 0 Å². The molecule has 0 saturated carbocycles. The topological polar surface area (TPSA) is 60.9 Å². The highest BCUT2D eigenvalue weighted by Crippen LogP contribution is 2.29. The fraction of sp³-hybridized carbons (Fsp3) is 0.346. The maximum Gasteiger partial charge on any atom is 0.241 e. The fourth-order valence-electron chi connectivity index (χ4n) is 3.93. The summed E-state index contributed by atoms with van der Waals surface area (Å²) in [4.78, 5) is 44.8. The molecule has 0 aliphatic heterocycles. The second-order valence-corrected chi connectivity index (χ2v) is 8.30. The molecule has 2 aromatic carbocycles. The highest BCUT2D eigenvalue weighted by Gasteiger charge is 2.37. The molecule has 0 N–H and O–H groups in total. The Labute approximate surface area is 190 Å². The van der Waals surface area contributed by atoms with E-state index in [2.05, 4.69) is 11.8 Å². The maximum absolute atomic E-state index is 13.3. The molecule has 0 bridgehead atoms. The number of hydrogen-bond donors (Lipinski definition) is 0. The van der Waals surface area contributed by atoms with Crippen LogP contribution in [0.15, 0.2) is 66.0 Å². The quantitative estimate of drug-likeness (QED) is 0.605. The number of Topliss-reactive ketones (excluding diaryl/α,β-unsaturated/α-hetero) is 2. The first kappa shape index (κ1) is 23.4. The van der Waals surface area contributed by atoms with Gasteiger partial charge in [-0.15, -0.1) is 0 Å². The van der Waals surface area contributed by atoms with Gasteiger partial charge in [0.2, 0.25) is 17.5 Å². The molecule has 2 aromatic rings. The average molecular weight is 434 g/mol. The van der Waals surface area contributed by atoms with Crippen LogP contribution < -0.4 is 0 Å². The Hall–Kier alpha value is -3.25. The lowest BCUT2D eigenvalue weighted by Gasteiger charge is -2.31. The zero-order chi connectivity index (χ0) is 23.3. The number of carbonyl (C=O) groups is 3. The van der Waals surface area contributed by atoms with Crippen LogP contribution in [0, 0.1) is 0 Å². The van der Waals surface area contributed by atoms with Gasteiger partial charge in [0, 0.05) is 38.8 Å². The predicted octanol–water partition coefficient (Wildman–Crippen LogP) is 3.60. The minimum Gasteiger partial charge on any atom is -0.373 e. The summed E-state index contributed by atoms with van der Waals surface area (Å²) in [5, 5.41) is 0. The summed E-state index contributed by atoms with van der Waals surface area (Å²) in [7, 11) is 5.02. The minimum absolute atomic E-state index is 0.138. The van der Waals surface area contributed by atoms with Gasteiger partial charge in [-0.05, 0) is 18.5 Å². The van der Waals surface area contributed by atoms with Crippen LogP contribution >= 0.6 is 0 Å².